The Kier molecular flexibility index (Phi) is 3.79. The molecule has 2 heterocycles. The highest BCUT2D eigenvalue weighted by Gasteiger charge is 2.18. The monoisotopic (exact) mass is 348 g/mol. The summed E-state index contributed by atoms with van der Waals surface area (Å²) in [7, 11) is 0. The molecule has 0 fully saturated rings. The smallest absolute Gasteiger partial charge is 0.337 e. The fourth-order valence-corrected chi connectivity index (χ4v) is 2.94. The quantitative estimate of drug-likeness (QED) is 0.888. The van der Waals surface area contributed by atoms with Crippen LogP contribution in [0.5, 0.6) is 5.75 Å². The van der Waals surface area contributed by atoms with Crippen molar-refractivity contribution in [2.45, 2.75) is 13.0 Å². The van der Waals surface area contributed by atoms with E-state index in [0.717, 1.165) is 22.2 Å². The second kappa shape index (κ2) is 5.73. The minimum absolute atomic E-state index is 0.206. The molecule has 0 spiro atoms. The third-order valence-electron chi connectivity index (χ3n) is 3.35. The Bertz CT molecular complexity index is 703. The average molecular weight is 349 g/mol. The number of rotatable bonds is 4. The van der Waals surface area contributed by atoms with Crippen LogP contribution in [0.4, 0.5) is 5.69 Å². The summed E-state index contributed by atoms with van der Waals surface area (Å²) >= 11 is 3.49. The summed E-state index contributed by atoms with van der Waals surface area (Å²) in [4.78, 5) is 15.1. The molecule has 21 heavy (non-hydrogen) atoms. The first-order chi connectivity index (χ1) is 10.1. The van der Waals surface area contributed by atoms with Crippen molar-refractivity contribution in [1.29, 1.82) is 0 Å². The van der Waals surface area contributed by atoms with Gasteiger partial charge in [-0.05, 0) is 23.8 Å². The van der Waals surface area contributed by atoms with Gasteiger partial charge >= 0.3 is 5.97 Å². The molecule has 0 unspecified atom stereocenters. The van der Waals surface area contributed by atoms with Gasteiger partial charge in [-0.2, -0.15) is 0 Å². The Labute approximate surface area is 130 Å². The lowest BCUT2D eigenvalue weighted by molar-refractivity contribution is 0.0698. The van der Waals surface area contributed by atoms with E-state index >= 15 is 0 Å². The largest absolute Gasteiger partial charge is 0.493 e. The predicted octanol–water partition coefficient (Wildman–Crippen LogP) is 3.09. The summed E-state index contributed by atoms with van der Waals surface area (Å²) in [6.07, 6.45) is 3.88. The maximum atomic E-state index is 11.2. The SMILES string of the molecule is O=C(O)c1ccncc1NCc1cc(Br)cc2c1OCC2. The van der Waals surface area contributed by atoms with E-state index in [-0.39, 0.29) is 5.56 Å². The summed E-state index contributed by atoms with van der Waals surface area (Å²) in [5.41, 5.74) is 2.87. The fourth-order valence-electron chi connectivity index (χ4n) is 2.39. The first-order valence-corrected chi connectivity index (χ1v) is 7.29. The van der Waals surface area contributed by atoms with Gasteiger partial charge < -0.3 is 15.2 Å². The molecule has 1 aromatic heterocycles. The number of nitrogens with zero attached hydrogens (tertiary/aromatic N) is 1. The first-order valence-electron chi connectivity index (χ1n) is 6.50. The number of fused-ring (bicyclic) bond motifs is 1. The molecule has 108 valence electrons. The highest BCUT2D eigenvalue weighted by atomic mass is 79.9. The number of hydrogen-bond donors (Lipinski definition) is 2. The van der Waals surface area contributed by atoms with E-state index in [0.29, 0.717) is 18.8 Å². The topological polar surface area (TPSA) is 71.5 Å². The van der Waals surface area contributed by atoms with Crippen LogP contribution in [0.15, 0.2) is 35.1 Å². The summed E-state index contributed by atoms with van der Waals surface area (Å²) in [6, 6.07) is 5.51. The maximum Gasteiger partial charge on any atom is 0.337 e. The van der Waals surface area contributed by atoms with Crippen molar-refractivity contribution in [2.75, 3.05) is 11.9 Å². The Morgan fingerprint density at radius 2 is 2.33 bits per heavy atom. The maximum absolute atomic E-state index is 11.2. The molecular weight excluding hydrogens is 336 g/mol. The summed E-state index contributed by atoms with van der Waals surface area (Å²) in [5.74, 6) is -0.0814. The van der Waals surface area contributed by atoms with Crippen LogP contribution in [0.1, 0.15) is 21.5 Å². The number of nitrogens with one attached hydrogen (secondary N) is 1. The molecule has 0 radical (unpaired) electrons. The summed E-state index contributed by atoms with van der Waals surface area (Å²) in [5, 5.41) is 12.3. The number of halogens is 1. The van der Waals surface area contributed by atoms with Crippen LogP contribution in [-0.2, 0) is 13.0 Å². The summed E-state index contributed by atoms with van der Waals surface area (Å²) < 4.78 is 6.65. The van der Waals surface area contributed by atoms with E-state index in [1.807, 2.05) is 6.07 Å². The van der Waals surface area contributed by atoms with Gasteiger partial charge in [0.25, 0.3) is 0 Å². The number of carboxylic acid groups (broad SMARTS) is 1. The molecule has 2 aromatic rings. The third-order valence-corrected chi connectivity index (χ3v) is 3.80. The Balaban J connectivity index is 1.85. The van der Waals surface area contributed by atoms with Gasteiger partial charge in [0.15, 0.2) is 0 Å². The van der Waals surface area contributed by atoms with Gasteiger partial charge in [-0.15, -0.1) is 0 Å². The molecule has 5 nitrogen and oxygen atoms in total. The number of carboxylic acids is 1. The second-order valence-electron chi connectivity index (χ2n) is 4.73. The van der Waals surface area contributed by atoms with E-state index in [9.17, 15) is 4.79 Å². The molecule has 1 aromatic carbocycles. The minimum Gasteiger partial charge on any atom is -0.493 e. The highest BCUT2D eigenvalue weighted by molar-refractivity contribution is 9.10. The number of carbonyl (C=O) groups is 1. The van der Waals surface area contributed by atoms with Gasteiger partial charge in [0.2, 0.25) is 0 Å². The molecule has 2 N–H and O–H groups in total. The van der Waals surface area contributed by atoms with E-state index < -0.39 is 5.97 Å². The molecule has 1 aliphatic rings. The van der Waals surface area contributed by atoms with Crippen LogP contribution in [-0.4, -0.2) is 22.7 Å². The van der Waals surface area contributed by atoms with Crippen molar-refractivity contribution in [3.05, 3.63) is 51.8 Å². The van der Waals surface area contributed by atoms with Crippen LogP contribution in [0.3, 0.4) is 0 Å². The van der Waals surface area contributed by atoms with E-state index in [1.165, 1.54) is 24.0 Å². The Morgan fingerprint density at radius 1 is 1.48 bits per heavy atom. The minimum atomic E-state index is -0.976. The van der Waals surface area contributed by atoms with Crippen LogP contribution in [0.25, 0.3) is 0 Å². The number of pyridine rings is 1. The lowest BCUT2D eigenvalue weighted by Gasteiger charge is -2.12. The van der Waals surface area contributed by atoms with Gasteiger partial charge in [-0.25, -0.2) is 4.79 Å². The molecule has 0 atom stereocenters. The normalized spacial score (nSPS) is 12.6. The van der Waals surface area contributed by atoms with Crippen molar-refractivity contribution in [2.24, 2.45) is 0 Å². The number of ether oxygens (including phenoxy) is 1. The zero-order valence-electron chi connectivity index (χ0n) is 11.1. The fraction of sp³-hybridized carbons (Fsp3) is 0.200. The average Bonchev–Trinajstić information content (AvgIpc) is 2.93. The van der Waals surface area contributed by atoms with Crippen molar-refractivity contribution >= 4 is 27.6 Å². The Morgan fingerprint density at radius 3 is 3.14 bits per heavy atom. The standard InChI is InChI=1S/C15H13BrN2O3/c16-11-5-9-2-4-21-14(9)10(6-11)7-18-13-8-17-3-1-12(13)15(19)20/h1,3,5-6,8,18H,2,4,7H2,(H,19,20). The highest BCUT2D eigenvalue weighted by Crippen LogP contribution is 2.33. The van der Waals surface area contributed by atoms with Crippen molar-refractivity contribution in [3.63, 3.8) is 0 Å². The van der Waals surface area contributed by atoms with Crippen LogP contribution < -0.4 is 10.1 Å². The first kappa shape index (κ1) is 13.9. The lowest BCUT2D eigenvalue weighted by atomic mass is 10.1. The van der Waals surface area contributed by atoms with Crippen molar-refractivity contribution in [1.82, 2.24) is 4.98 Å². The second-order valence-corrected chi connectivity index (χ2v) is 5.65. The number of aromatic nitrogens is 1. The lowest BCUT2D eigenvalue weighted by Crippen LogP contribution is -2.07. The molecule has 0 saturated carbocycles. The van der Waals surface area contributed by atoms with Gasteiger partial charge in [0.1, 0.15) is 5.75 Å². The van der Waals surface area contributed by atoms with Gasteiger partial charge in [-0.3, -0.25) is 4.98 Å². The van der Waals surface area contributed by atoms with Crippen LogP contribution >= 0.6 is 15.9 Å². The Hall–Kier alpha value is -2.08. The van der Waals surface area contributed by atoms with Crippen molar-refractivity contribution < 1.29 is 14.6 Å². The predicted molar refractivity (Wildman–Crippen MR) is 81.9 cm³/mol. The van der Waals surface area contributed by atoms with Gasteiger partial charge in [0.05, 0.1) is 24.1 Å². The number of hydrogen-bond acceptors (Lipinski definition) is 4. The zero-order valence-corrected chi connectivity index (χ0v) is 12.7. The van der Waals surface area contributed by atoms with Crippen molar-refractivity contribution in [3.8, 4) is 5.75 Å². The molecule has 3 rings (SSSR count). The molecule has 1 aliphatic heterocycles. The summed E-state index contributed by atoms with van der Waals surface area (Å²) in [6.45, 7) is 1.17. The number of aromatic carboxylic acids is 1. The van der Waals surface area contributed by atoms with E-state index in [2.05, 4.69) is 32.3 Å². The number of benzene rings is 1. The molecule has 0 amide bonds. The number of anilines is 1. The van der Waals surface area contributed by atoms with Gasteiger partial charge in [-0.1, -0.05) is 15.9 Å². The third kappa shape index (κ3) is 2.85. The molecular formula is C15H13BrN2O3. The molecule has 0 bridgehead atoms. The molecule has 0 saturated heterocycles. The van der Waals surface area contributed by atoms with Gasteiger partial charge in [0, 0.05) is 29.2 Å². The van der Waals surface area contributed by atoms with E-state index in [1.54, 1.807) is 0 Å². The van der Waals surface area contributed by atoms with Crippen LogP contribution in [0, 0.1) is 0 Å². The van der Waals surface area contributed by atoms with E-state index in [4.69, 9.17) is 9.84 Å². The zero-order chi connectivity index (χ0) is 14.8. The molecule has 6 heteroatoms. The van der Waals surface area contributed by atoms with Crippen LogP contribution in [0.2, 0.25) is 0 Å². The molecule has 0 aliphatic carbocycles.